The molecule has 2 heteroatoms. The first-order chi connectivity index (χ1) is 10.6. The van der Waals surface area contributed by atoms with E-state index in [9.17, 15) is 9.59 Å². The van der Waals surface area contributed by atoms with Gasteiger partial charge in [-0.25, -0.2) is 0 Å². The summed E-state index contributed by atoms with van der Waals surface area (Å²) in [5, 5.41) is 0. The normalized spacial score (nSPS) is 23.3. The molecule has 0 spiro atoms. The first-order valence-corrected chi connectivity index (χ1v) is 7.75. The van der Waals surface area contributed by atoms with E-state index in [0.717, 1.165) is 12.0 Å². The molecule has 0 saturated heterocycles. The summed E-state index contributed by atoms with van der Waals surface area (Å²) in [7, 11) is 0. The predicted molar refractivity (Wildman–Crippen MR) is 89.8 cm³/mol. The van der Waals surface area contributed by atoms with E-state index in [-0.39, 0.29) is 11.6 Å². The Balaban J connectivity index is 2.55. The lowest BCUT2D eigenvalue weighted by molar-refractivity contribution is -0.118. The SMILES string of the molecule is C=CC(=O)C1C=CC=CC1(CC)C(=O)c1ccccc1CC. The van der Waals surface area contributed by atoms with Gasteiger partial charge in [0.15, 0.2) is 11.6 Å². The Kier molecular flexibility index (Phi) is 4.92. The van der Waals surface area contributed by atoms with Crippen LogP contribution >= 0.6 is 0 Å². The fraction of sp³-hybridized carbons (Fsp3) is 0.300. The lowest BCUT2D eigenvalue weighted by atomic mass is 9.64. The molecule has 0 aromatic heterocycles. The van der Waals surface area contributed by atoms with Gasteiger partial charge in [0.1, 0.15) is 0 Å². The molecule has 1 aromatic rings. The number of rotatable bonds is 6. The second-order valence-corrected chi connectivity index (χ2v) is 5.56. The molecule has 2 nitrogen and oxygen atoms in total. The quantitative estimate of drug-likeness (QED) is 0.578. The van der Waals surface area contributed by atoms with Crippen LogP contribution in [0.5, 0.6) is 0 Å². The van der Waals surface area contributed by atoms with Crippen molar-refractivity contribution >= 4 is 11.6 Å². The standard InChI is InChI=1S/C20H22O2/c1-4-15-11-7-8-12-16(15)19(22)20(6-3)14-10-9-13-17(20)18(21)5-2/h5,7-14,17H,2,4,6H2,1,3H3. The molecule has 1 aliphatic carbocycles. The van der Waals surface area contributed by atoms with Gasteiger partial charge in [-0.05, 0) is 24.5 Å². The van der Waals surface area contributed by atoms with E-state index >= 15 is 0 Å². The zero-order valence-corrected chi connectivity index (χ0v) is 13.2. The van der Waals surface area contributed by atoms with Crippen molar-refractivity contribution in [3.63, 3.8) is 0 Å². The maximum absolute atomic E-state index is 13.3. The van der Waals surface area contributed by atoms with Crippen molar-refractivity contribution in [1.29, 1.82) is 0 Å². The van der Waals surface area contributed by atoms with Gasteiger partial charge in [-0.15, -0.1) is 0 Å². The van der Waals surface area contributed by atoms with Gasteiger partial charge in [0.05, 0.1) is 11.3 Å². The second-order valence-electron chi connectivity index (χ2n) is 5.56. The maximum Gasteiger partial charge on any atom is 0.174 e. The average molecular weight is 294 g/mol. The number of aryl methyl sites for hydroxylation is 1. The minimum absolute atomic E-state index is 0.0215. The van der Waals surface area contributed by atoms with Gasteiger partial charge in [-0.1, -0.05) is 69.0 Å². The van der Waals surface area contributed by atoms with E-state index in [2.05, 4.69) is 6.58 Å². The Hall–Kier alpha value is -2.22. The molecule has 2 atom stereocenters. The molecule has 0 N–H and O–H groups in total. The Morgan fingerprint density at radius 2 is 1.95 bits per heavy atom. The molecule has 2 rings (SSSR count). The van der Waals surface area contributed by atoms with Crippen molar-refractivity contribution in [1.82, 2.24) is 0 Å². The third-order valence-corrected chi connectivity index (χ3v) is 4.52. The lowest BCUT2D eigenvalue weighted by Gasteiger charge is -2.35. The van der Waals surface area contributed by atoms with E-state index in [1.165, 1.54) is 6.08 Å². The van der Waals surface area contributed by atoms with Gasteiger partial charge in [0.25, 0.3) is 0 Å². The van der Waals surface area contributed by atoms with Gasteiger partial charge in [0.2, 0.25) is 0 Å². The van der Waals surface area contributed by atoms with Crippen LogP contribution in [0.15, 0.2) is 61.2 Å². The van der Waals surface area contributed by atoms with Gasteiger partial charge in [0, 0.05) is 5.56 Å². The number of allylic oxidation sites excluding steroid dienone is 5. The van der Waals surface area contributed by atoms with Crippen LogP contribution < -0.4 is 0 Å². The van der Waals surface area contributed by atoms with Crippen LogP contribution in [0.1, 0.15) is 36.2 Å². The minimum atomic E-state index is -0.814. The van der Waals surface area contributed by atoms with Crippen molar-refractivity contribution in [2.45, 2.75) is 26.7 Å². The number of hydrogen-bond donors (Lipinski definition) is 0. The molecule has 2 unspecified atom stereocenters. The number of ketones is 2. The third kappa shape index (κ3) is 2.61. The van der Waals surface area contributed by atoms with Crippen molar-refractivity contribution in [2.24, 2.45) is 11.3 Å². The number of carbonyl (C=O) groups excluding carboxylic acids is 2. The summed E-state index contributed by atoms with van der Waals surface area (Å²) in [6, 6.07) is 7.66. The molecule has 0 bridgehead atoms. The molecule has 0 aliphatic heterocycles. The van der Waals surface area contributed by atoms with Crippen LogP contribution in [0.3, 0.4) is 0 Å². The van der Waals surface area contributed by atoms with E-state index in [4.69, 9.17) is 0 Å². The average Bonchev–Trinajstić information content (AvgIpc) is 2.60. The molecule has 1 aliphatic rings. The molecule has 22 heavy (non-hydrogen) atoms. The highest BCUT2D eigenvalue weighted by Crippen LogP contribution is 2.41. The second kappa shape index (κ2) is 6.69. The summed E-state index contributed by atoms with van der Waals surface area (Å²) in [5.41, 5.74) is 0.924. The highest BCUT2D eigenvalue weighted by atomic mass is 16.1. The monoisotopic (exact) mass is 294 g/mol. The van der Waals surface area contributed by atoms with Crippen molar-refractivity contribution in [3.8, 4) is 0 Å². The number of hydrogen-bond acceptors (Lipinski definition) is 2. The number of benzene rings is 1. The van der Waals surface area contributed by atoms with Crippen LogP contribution in [0.25, 0.3) is 0 Å². The maximum atomic E-state index is 13.3. The van der Waals surface area contributed by atoms with Crippen LogP contribution in [-0.2, 0) is 11.2 Å². The van der Waals surface area contributed by atoms with E-state index in [1.54, 1.807) is 0 Å². The Morgan fingerprint density at radius 1 is 1.23 bits per heavy atom. The van der Waals surface area contributed by atoms with Crippen LogP contribution in [0, 0.1) is 11.3 Å². The molecule has 0 fully saturated rings. The van der Waals surface area contributed by atoms with E-state index in [1.807, 2.05) is 62.4 Å². The van der Waals surface area contributed by atoms with Gasteiger partial charge in [-0.3, -0.25) is 9.59 Å². The molecular weight excluding hydrogens is 272 g/mol. The first-order valence-electron chi connectivity index (χ1n) is 7.75. The Morgan fingerprint density at radius 3 is 2.59 bits per heavy atom. The zero-order chi connectivity index (χ0) is 16.2. The van der Waals surface area contributed by atoms with Crippen LogP contribution in [-0.4, -0.2) is 11.6 Å². The highest BCUT2D eigenvalue weighted by molar-refractivity contribution is 6.08. The third-order valence-electron chi connectivity index (χ3n) is 4.52. The Bertz CT molecular complexity index is 651. The summed E-state index contributed by atoms with van der Waals surface area (Å²) < 4.78 is 0. The molecular formula is C20H22O2. The fourth-order valence-electron chi connectivity index (χ4n) is 3.17. The summed E-state index contributed by atoms with van der Waals surface area (Å²) in [5.74, 6) is -0.560. The lowest BCUT2D eigenvalue weighted by Crippen LogP contribution is -2.40. The van der Waals surface area contributed by atoms with Crippen molar-refractivity contribution in [2.75, 3.05) is 0 Å². The van der Waals surface area contributed by atoms with E-state index < -0.39 is 11.3 Å². The minimum Gasteiger partial charge on any atom is -0.294 e. The summed E-state index contributed by atoms with van der Waals surface area (Å²) in [4.78, 5) is 25.6. The molecule has 1 aromatic carbocycles. The molecule has 0 amide bonds. The summed E-state index contributed by atoms with van der Waals surface area (Å²) in [6.45, 7) is 7.58. The van der Waals surface area contributed by atoms with Crippen LogP contribution in [0.4, 0.5) is 0 Å². The molecule has 114 valence electrons. The number of carbonyl (C=O) groups is 2. The van der Waals surface area contributed by atoms with Gasteiger partial charge >= 0.3 is 0 Å². The van der Waals surface area contributed by atoms with Crippen molar-refractivity contribution < 1.29 is 9.59 Å². The summed E-state index contributed by atoms with van der Waals surface area (Å²) >= 11 is 0. The first kappa shape index (κ1) is 16.2. The topological polar surface area (TPSA) is 34.1 Å². The largest absolute Gasteiger partial charge is 0.294 e. The zero-order valence-electron chi connectivity index (χ0n) is 13.2. The highest BCUT2D eigenvalue weighted by Gasteiger charge is 2.45. The summed E-state index contributed by atoms with van der Waals surface area (Å²) in [6.07, 6.45) is 10.1. The molecule has 0 saturated carbocycles. The van der Waals surface area contributed by atoms with Gasteiger partial charge < -0.3 is 0 Å². The van der Waals surface area contributed by atoms with Gasteiger partial charge in [-0.2, -0.15) is 0 Å². The smallest absolute Gasteiger partial charge is 0.174 e. The van der Waals surface area contributed by atoms with Crippen LogP contribution in [0.2, 0.25) is 0 Å². The van der Waals surface area contributed by atoms with Crippen molar-refractivity contribution in [3.05, 3.63) is 72.4 Å². The number of Topliss-reactive ketones (excluding diaryl/α,β-unsaturated/α-hetero) is 1. The fourth-order valence-corrected chi connectivity index (χ4v) is 3.17. The molecule has 0 radical (unpaired) electrons. The predicted octanol–water partition coefficient (Wildman–Crippen LogP) is 4.33. The van der Waals surface area contributed by atoms with E-state index in [0.29, 0.717) is 12.0 Å². The Labute approximate surface area is 132 Å². The molecule has 0 heterocycles.